The molecule has 2 aliphatic rings. The zero-order valence-corrected chi connectivity index (χ0v) is 11.0. The van der Waals surface area contributed by atoms with E-state index in [1.165, 1.54) is 12.8 Å². The van der Waals surface area contributed by atoms with E-state index in [1.54, 1.807) is 0 Å². The van der Waals surface area contributed by atoms with Gasteiger partial charge in [0.1, 0.15) is 0 Å². The molecule has 0 aromatic heterocycles. The fourth-order valence-corrected chi connectivity index (χ4v) is 2.87. The number of hydrogen-bond acceptors (Lipinski definition) is 4. The summed E-state index contributed by atoms with van der Waals surface area (Å²) in [4.78, 5) is 13.8. The van der Waals surface area contributed by atoms with Crippen molar-refractivity contribution < 1.29 is 14.6 Å². The minimum absolute atomic E-state index is 0.0191. The van der Waals surface area contributed by atoms with E-state index in [9.17, 15) is 9.90 Å². The second kappa shape index (κ2) is 6.50. The molecular formula is C13H24N2O3. The van der Waals surface area contributed by atoms with Crippen LogP contribution in [-0.2, 0) is 9.53 Å². The maximum atomic E-state index is 11.9. The van der Waals surface area contributed by atoms with E-state index in [0.717, 1.165) is 19.4 Å². The fourth-order valence-electron chi connectivity index (χ4n) is 2.87. The predicted molar refractivity (Wildman–Crippen MR) is 68.3 cm³/mol. The lowest BCUT2D eigenvalue weighted by Gasteiger charge is -2.29. The molecule has 0 spiro atoms. The van der Waals surface area contributed by atoms with Crippen LogP contribution in [0, 0.1) is 5.41 Å². The number of nitrogens with one attached hydrogen (secondary N) is 1. The maximum Gasteiger partial charge on any atom is 0.236 e. The first kappa shape index (κ1) is 13.8. The zero-order valence-electron chi connectivity index (χ0n) is 11.0. The Kier molecular flexibility index (Phi) is 4.97. The van der Waals surface area contributed by atoms with Crippen LogP contribution in [0.2, 0.25) is 0 Å². The smallest absolute Gasteiger partial charge is 0.236 e. The molecule has 1 saturated carbocycles. The largest absolute Gasteiger partial charge is 0.396 e. The van der Waals surface area contributed by atoms with Crippen molar-refractivity contribution in [3.63, 3.8) is 0 Å². The molecule has 0 bridgehead atoms. The topological polar surface area (TPSA) is 61.8 Å². The van der Waals surface area contributed by atoms with Gasteiger partial charge in [0.15, 0.2) is 0 Å². The van der Waals surface area contributed by atoms with Crippen molar-refractivity contribution in [1.82, 2.24) is 10.2 Å². The first-order valence-electron chi connectivity index (χ1n) is 6.93. The van der Waals surface area contributed by atoms with E-state index < -0.39 is 0 Å². The second-order valence-electron chi connectivity index (χ2n) is 5.46. The predicted octanol–water partition coefficient (Wildman–Crippen LogP) is -0.0125. The summed E-state index contributed by atoms with van der Waals surface area (Å²) in [5.74, 6) is 0.143. The highest BCUT2D eigenvalue weighted by atomic mass is 16.5. The number of nitrogens with zero attached hydrogens (tertiary/aromatic N) is 1. The van der Waals surface area contributed by atoms with Crippen LogP contribution >= 0.6 is 0 Å². The van der Waals surface area contributed by atoms with Gasteiger partial charge in [-0.3, -0.25) is 4.79 Å². The number of hydrogen-bond donors (Lipinski definition) is 2. The highest BCUT2D eigenvalue weighted by Crippen LogP contribution is 2.36. The van der Waals surface area contributed by atoms with Crippen LogP contribution in [0.5, 0.6) is 0 Å². The fraction of sp³-hybridized carbons (Fsp3) is 0.923. The Balaban J connectivity index is 1.69. The van der Waals surface area contributed by atoms with Crippen molar-refractivity contribution in [2.45, 2.75) is 25.7 Å². The van der Waals surface area contributed by atoms with Crippen LogP contribution in [-0.4, -0.2) is 61.9 Å². The molecule has 5 nitrogen and oxygen atoms in total. The third kappa shape index (κ3) is 3.43. The van der Waals surface area contributed by atoms with Crippen molar-refractivity contribution in [2.75, 3.05) is 46.0 Å². The number of morpholine rings is 1. The first-order valence-corrected chi connectivity index (χ1v) is 6.93. The first-order chi connectivity index (χ1) is 8.76. The lowest BCUT2D eigenvalue weighted by molar-refractivity contribution is -0.134. The molecule has 0 unspecified atom stereocenters. The van der Waals surface area contributed by atoms with Crippen molar-refractivity contribution in [3.8, 4) is 0 Å². The van der Waals surface area contributed by atoms with E-state index in [2.05, 4.69) is 5.32 Å². The molecule has 104 valence electrons. The summed E-state index contributed by atoms with van der Waals surface area (Å²) in [6.07, 6.45) is 4.53. The second-order valence-corrected chi connectivity index (χ2v) is 5.46. The van der Waals surface area contributed by atoms with Gasteiger partial charge in [0, 0.05) is 31.7 Å². The van der Waals surface area contributed by atoms with Gasteiger partial charge in [-0.2, -0.15) is 0 Å². The third-order valence-electron chi connectivity index (χ3n) is 4.14. The lowest BCUT2D eigenvalue weighted by atomic mass is 9.87. The van der Waals surface area contributed by atoms with Crippen LogP contribution < -0.4 is 5.32 Å². The van der Waals surface area contributed by atoms with E-state index in [1.807, 2.05) is 4.90 Å². The molecule has 0 aromatic rings. The minimum Gasteiger partial charge on any atom is -0.396 e. The number of aliphatic hydroxyl groups is 1. The summed E-state index contributed by atoms with van der Waals surface area (Å²) in [6, 6.07) is 0. The van der Waals surface area contributed by atoms with Crippen LogP contribution in [0.25, 0.3) is 0 Å². The Morgan fingerprint density at radius 3 is 2.56 bits per heavy atom. The number of aliphatic hydroxyl groups excluding tert-OH is 1. The Hall–Kier alpha value is -0.650. The highest BCUT2D eigenvalue weighted by molar-refractivity contribution is 5.78. The Labute approximate surface area is 108 Å². The van der Waals surface area contributed by atoms with Gasteiger partial charge in [0.2, 0.25) is 5.91 Å². The monoisotopic (exact) mass is 256 g/mol. The quantitative estimate of drug-likeness (QED) is 0.726. The van der Waals surface area contributed by atoms with E-state index >= 15 is 0 Å². The highest BCUT2D eigenvalue weighted by Gasteiger charge is 2.32. The molecule has 1 heterocycles. The molecule has 1 aliphatic carbocycles. The van der Waals surface area contributed by atoms with Gasteiger partial charge in [-0.15, -0.1) is 0 Å². The molecule has 5 heteroatoms. The molecule has 1 saturated heterocycles. The van der Waals surface area contributed by atoms with Gasteiger partial charge in [-0.25, -0.2) is 0 Å². The Morgan fingerprint density at radius 2 is 1.94 bits per heavy atom. The van der Waals surface area contributed by atoms with Crippen molar-refractivity contribution in [1.29, 1.82) is 0 Å². The molecule has 18 heavy (non-hydrogen) atoms. The molecule has 2 N–H and O–H groups in total. The van der Waals surface area contributed by atoms with Crippen molar-refractivity contribution in [2.24, 2.45) is 5.41 Å². The van der Waals surface area contributed by atoms with E-state index in [-0.39, 0.29) is 17.9 Å². The van der Waals surface area contributed by atoms with E-state index in [0.29, 0.717) is 32.8 Å². The van der Waals surface area contributed by atoms with Crippen LogP contribution in [0.3, 0.4) is 0 Å². The van der Waals surface area contributed by atoms with Gasteiger partial charge in [-0.1, -0.05) is 12.8 Å². The standard InChI is InChI=1S/C13H24N2O3/c16-11-13(3-1-2-4-13)10-14-9-12(17)15-5-7-18-8-6-15/h14,16H,1-11H2. The third-order valence-corrected chi connectivity index (χ3v) is 4.14. The maximum absolute atomic E-state index is 11.9. The molecule has 0 atom stereocenters. The Bertz CT molecular complexity index is 271. The van der Waals surface area contributed by atoms with E-state index in [4.69, 9.17) is 4.74 Å². The van der Waals surface area contributed by atoms with Gasteiger partial charge >= 0.3 is 0 Å². The number of ether oxygens (including phenoxy) is 1. The van der Waals surface area contributed by atoms with Crippen LogP contribution in [0.4, 0.5) is 0 Å². The number of rotatable bonds is 5. The summed E-state index contributed by atoms with van der Waals surface area (Å²) in [5.41, 5.74) is 0.0191. The molecule has 2 rings (SSSR count). The number of carbonyl (C=O) groups excluding carboxylic acids is 1. The molecule has 1 amide bonds. The number of carbonyl (C=O) groups is 1. The SMILES string of the molecule is O=C(CNCC1(CO)CCCC1)N1CCOCC1. The summed E-state index contributed by atoms with van der Waals surface area (Å²) < 4.78 is 5.22. The summed E-state index contributed by atoms with van der Waals surface area (Å²) in [7, 11) is 0. The van der Waals surface area contributed by atoms with Crippen molar-refractivity contribution >= 4 is 5.91 Å². The van der Waals surface area contributed by atoms with Crippen molar-refractivity contribution in [3.05, 3.63) is 0 Å². The number of amides is 1. The molecule has 1 aliphatic heterocycles. The lowest BCUT2D eigenvalue weighted by Crippen LogP contribution is -2.46. The van der Waals surface area contributed by atoms with Crippen LogP contribution in [0.1, 0.15) is 25.7 Å². The average molecular weight is 256 g/mol. The minimum atomic E-state index is 0.0191. The van der Waals surface area contributed by atoms with Crippen LogP contribution in [0.15, 0.2) is 0 Å². The Morgan fingerprint density at radius 1 is 1.28 bits per heavy atom. The molecular weight excluding hydrogens is 232 g/mol. The normalized spacial score (nSPS) is 23.3. The van der Waals surface area contributed by atoms with Gasteiger partial charge in [0.25, 0.3) is 0 Å². The van der Waals surface area contributed by atoms with Gasteiger partial charge < -0.3 is 20.1 Å². The molecule has 0 aromatic carbocycles. The average Bonchev–Trinajstić information content (AvgIpc) is 2.89. The summed E-state index contributed by atoms with van der Waals surface area (Å²) in [6.45, 7) is 4.04. The zero-order chi connectivity index (χ0) is 12.8. The summed E-state index contributed by atoms with van der Waals surface area (Å²) >= 11 is 0. The van der Waals surface area contributed by atoms with Gasteiger partial charge in [-0.05, 0) is 12.8 Å². The molecule has 2 fully saturated rings. The molecule has 0 radical (unpaired) electrons. The summed E-state index contributed by atoms with van der Waals surface area (Å²) in [5, 5.41) is 12.7. The van der Waals surface area contributed by atoms with Gasteiger partial charge in [0.05, 0.1) is 19.8 Å².